The van der Waals surface area contributed by atoms with Crippen LogP contribution in [0.4, 0.5) is 0 Å². The Labute approximate surface area is 148 Å². The van der Waals surface area contributed by atoms with Crippen molar-refractivity contribution in [2.45, 2.75) is 19.4 Å². The Morgan fingerprint density at radius 1 is 1.50 bits per heavy atom. The zero-order valence-corrected chi connectivity index (χ0v) is 14.9. The van der Waals surface area contributed by atoms with Gasteiger partial charge in [-0.15, -0.1) is 0 Å². The van der Waals surface area contributed by atoms with Gasteiger partial charge in [-0.2, -0.15) is 0 Å². The smallest absolute Gasteiger partial charge is 1.00 e. The minimum absolute atomic E-state index is 0. The molecule has 22 heavy (non-hydrogen) atoms. The third kappa shape index (κ3) is 6.67. The van der Waals surface area contributed by atoms with Crippen LogP contribution in [-0.2, 0) is 9.30 Å². The third-order valence-corrected chi connectivity index (χ3v) is 2.96. The topological polar surface area (TPSA) is 159 Å². The van der Waals surface area contributed by atoms with E-state index in [1.807, 2.05) is 4.98 Å². The Morgan fingerprint density at radius 3 is 2.59 bits per heavy atom. The van der Waals surface area contributed by atoms with E-state index in [0.29, 0.717) is 4.57 Å². The largest absolute Gasteiger partial charge is 1.00 e. The van der Waals surface area contributed by atoms with Gasteiger partial charge in [-0.3, -0.25) is 19.1 Å². The Kier molecular flexibility index (Phi) is 8.66. The first-order valence-electron chi connectivity index (χ1n) is 5.77. The van der Waals surface area contributed by atoms with Gasteiger partial charge in [-0.1, -0.05) is 0 Å². The van der Waals surface area contributed by atoms with E-state index in [1.54, 1.807) is 0 Å². The van der Waals surface area contributed by atoms with Crippen LogP contribution in [0.3, 0.4) is 0 Å². The molecule has 0 unspecified atom stereocenters. The molecule has 120 valence electrons. The predicted molar refractivity (Wildman–Crippen MR) is 71.3 cm³/mol. The van der Waals surface area contributed by atoms with E-state index in [9.17, 15) is 18.9 Å². The van der Waals surface area contributed by atoms with Crippen molar-refractivity contribution in [2.75, 3.05) is 13.0 Å². The van der Waals surface area contributed by atoms with E-state index in [4.69, 9.17) is 19.6 Å². The molecule has 0 saturated heterocycles. The first-order valence-corrected chi connectivity index (χ1v) is 7.56. The summed E-state index contributed by atoms with van der Waals surface area (Å²) in [6.07, 6.45) is -1.57. The molecule has 0 bridgehead atoms. The number of ether oxygens (including phenoxy) is 1. The van der Waals surface area contributed by atoms with Crippen molar-refractivity contribution in [1.82, 2.24) is 9.55 Å². The number of hydrogen-bond acceptors (Lipinski definition) is 6. The maximum absolute atomic E-state index is 11.9. The molecule has 4 N–H and O–H groups in total. The van der Waals surface area contributed by atoms with Gasteiger partial charge in [0.2, 0.25) is 5.91 Å². The molecule has 1 rings (SSSR count). The van der Waals surface area contributed by atoms with Crippen molar-refractivity contribution < 1.29 is 60.0 Å². The number of nitrogens with one attached hydrogen (secondary N) is 1. The number of aliphatic hydroxyl groups is 1. The van der Waals surface area contributed by atoms with E-state index in [-0.39, 0.29) is 36.5 Å². The first-order chi connectivity index (χ1) is 9.64. The van der Waals surface area contributed by atoms with Crippen LogP contribution >= 0.6 is 7.60 Å². The van der Waals surface area contributed by atoms with E-state index in [1.165, 1.54) is 6.92 Å². The fraction of sp³-hybridized carbons (Fsp3) is 0.500. The summed E-state index contributed by atoms with van der Waals surface area (Å²) in [5.41, 5.74) is -1.43. The van der Waals surface area contributed by atoms with E-state index >= 15 is 0 Å². The molecule has 1 aromatic rings. The molecule has 0 fully saturated rings. The van der Waals surface area contributed by atoms with Crippen molar-refractivity contribution in [3.63, 3.8) is 0 Å². The Morgan fingerprint density at radius 2 is 2.09 bits per heavy atom. The summed E-state index contributed by atoms with van der Waals surface area (Å²) in [6.45, 7) is 0.735. The molecule has 0 radical (unpaired) electrons. The van der Waals surface area contributed by atoms with Crippen LogP contribution < -0.4 is 40.8 Å². The molecular formula is C10H16N2NaO8P. The van der Waals surface area contributed by atoms with Crippen LogP contribution in [0.25, 0.3) is 0 Å². The number of aromatic amines is 1. The van der Waals surface area contributed by atoms with Crippen LogP contribution in [0.1, 0.15) is 18.2 Å². The van der Waals surface area contributed by atoms with Crippen LogP contribution in [0, 0.1) is 6.92 Å². The first kappa shape index (κ1) is 21.4. The summed E-state index contributed by atoms with van der Waals surface area (Å²) in [4.78, 5) is 53.8. The summed E-state index contributed by atoms with van der Waals surface area (Å²) in [6, 6.07) is 0. The van der Waals surface area contributed by atoms with Crippen molar-refractivity contribution in [3.05, 3.63) is 32.6 Å². The van der Waals surface area contributed by atoms with E-state index < -0.39 is 50.2 Å². The number of nitrogens with zero attached hydrogens (tertiary/aromatic N) is 1. The van der Waals surface area contributed by atoms with Crippen LogP contribution in [0.15, 0.2) is 15.8 Å². The molecule has 1 atom stereocenters. The SMILES string of the molecule is Cc1cn(C(=O)C[C@@H](CO)OCP(=O)(O)O)c(=O)[nH]c1=O.[H-].[Na+]. The average molecular weight is 346 g/mol. The number of rotatable bonds is 6. The molecule has 0 aromatic carbocycles. The zero-order chi connectivity index (χ0) is 16.2. The third-order valence-electron chi connectivity index (χ3n) is 2.47. The molecule has 1 aromatic heterocycles. The van der Waals surface area contributed by atoms with Gasteiger partial charge in [-0.25, -0.2) is 9.36 Å². The molecule has 0 aliphatic rings. The number of H-pyrrole nitrogens is 1. The molecule has 0 aliphatic heterocycles. The van der Waals surface area contributed by atoms with E-state index in [0.717, 1.165) is 6.20 Å². The number of carbonyl (C=O) groups is 1. The monoisotopic (exact) mass is 346 g/mol. The molecule has 10 nitrogen and oxygen atoms in total. The van der Waals surface area contributed by atoms with Gasteiger partial charge in [0, 0.05) is 11.8 Å². The zero-order valence-electron chi connectivity index (χ0n) is 13.1. The normalized spacial score (nSPS) is 12.5. The summed E-state index contributed by atoms with van der Waals surface area (Å²) in [5, 5.41) is 9.01. The number of carbonyl (C=O) groups excluding carboxylic acids is 1. The second-order valence-electron chi connectivity index (χ2n) is 4.30. The fourth-order valence-corrected chi connectivity index (χ4v) is 1.83. The van der Waals surface area contributed by atoms with Gasteiger partial charge < -0.3 is 21.1 Å². The molecule has 0 saturated carbocycles. The standard InChI is InChI=1S/C10H15N2O8P.Na.H/c1-6-3-12(10(16)11-9(6)15)8(14)2-7(4-13)20-5-21(17,18)19;;/h3,7,13H,2,4-5H2,1H3,(H,11,15,16)(H2,17,18,19);;/q;+1;-1/t7-;;/m0../s1. The minimum Gasteiger partial charge on any atom is -1.00 e. The summed E-state index contributed by atoms with van der Waals surface area (Å²) in [7, 11) is -4.43. The van der Waals surface area contributed by atoms with Crippen LogP contribution in [0.2, 0.25) is 0 Å². The summed E-state index contributed by atoms with van der Waals surface area (Å²) in [5.74, 6) is -0.788. The Hall–Kier alpha value is -0.580. The second-order valence-corrected chi connectivity index (χ2v) is 5.89. The number of aromatic nitrogens is 2. The van der Waals surface area contributed by atoms with Crippen LogP contribution in [-0.4, -0.2) is 49.4 Å². The maximum atomic E-state index is 11.9. The predicted octanol–water partition coefficient (Wildman–Crippen LogP) is -4.50. The van der Waals surface area contributed by atoms with Gasteiger partial charge in [0.15, 0.2) is 0 Å². The van der Waals surface area contributed by atoms with E-state index in [2.05, 4.69) is 0 Å². The Bertz CT molecular complexity index is 684. The average Bonchev–Trinajstić information content (AvgIpc) is 2.37. The molecular weight excluding hydrogens is 330 g/mol. The summed E-state index contributed by atoms with van der Waals surface area (Å²) >= 11 is 0. The molecule has 12 heteroatoms. The van der Waals surface area contributed by atoms with Crippen molar-refractivity contribution in [3.8, 4) is 0 Å². The van der Waals surface area contributed by atoms with Gasteiger partial charge in [0.25, 0.3) is 5.56 Å². The van der Waals surface area contributed by atoms with Crippen molar-refractivity contribution in [2.24, 2.45) is 0 Å². The quantitative estimate of drug-likeness (QED) is 0.296. The maximum Gasteiger partial charge on any atom is 1.00 e. The van der Waals surface area contributed by atoms with Crippen molar-refractivity contribution in [1.29, 1.82) is 0 Å². The molecule has 0 spiro atoms. The molecule has 0 amide bonds. The number of aryl methyl sites for hydroxylation is 1. The number of hydrogen-bond donors (Lipinski definition) is 4. The summed E-state index contributed by atoms with van der Waals surface area (Å²) < 4.78 is 16.0. The minimum atomic E-state index is -4.43. The fourth-order valence-electron chi connectivity index (χ4n) is 1.42. The van der Waals surface area contributed by atoms with Crippen LogP contribution in [0.5, 0.6) is 0 Å². The van der Waals surface area contributed by atoms with Gasteiger partial charge in [0.05, 0.1) is 19.1 Å². The van der Waals surface area contributed by atoms with Gasteiger partial charge in [-0.05, 0) is 6.92 Å². The number of aliphatic hydroxyl groups excluding tert-OH is 1. The molecule has 1 heterocycles. The van der Waals surface area contributed by atoms with Gasteiger partial charge >= 0.3 is 42.8 Å². The van der Waals surface area contributed by atoms with Gasteiger partial charge in [0.1, 0.15) is 6.35 Å². The second kappa shape index (κ2) is 8.90. The Balaban J connectivity index is 0. The van der Waals surface area contributed by atoms with Crippen molar-refractivity contribution >= 4 is 13.5 Å². The molecule has 0 aliphatic carbocycles.